The molecule has 0 fully saturated rings. The highest BCUT2D eigenvalue weighted by Crippen LogP contribution is 2.25. The van der Waals surface area contributed by atoms with Gasteiger partial charge in [0.1, 0.15) is 18.2 Å². The molecule has 0 amide bonds. The average molecular weight is 328 g/mol. The van der Waals surface area contributed by atoms with Crippen LogP contribution in [0.4, 0.5) is 10.1 Å². The van der Waals surface area contributed by atoms with E-state index in [1.54, 1.807) is 17.4 Å². The van der Waals surface area contributed by atoms with Gasteiger partial charge in [-0.2, -0.15) is 0 Å². The van der Waals surface area contributed by atoms with Crippen LogP contribution in [0.5, 0.6) is 5.75 Å². The molecule has 3 aromatic rings. The Morgan fingerprint density at radius 2 is 2.04 bits per heavy atom. The van der Waals surface area contributed by atoms with Gasteiger partial charge in [0.05, 0.1) is 10.7 Å². The summed E-state index contributed by atoms with van der Waals surface area (Å²) in [5.74, 6) is 0.335. The Morgan fingerprint density at radius 3 is 2.74 bits per heavy atom. The fourth-order valence-electron chi connectivity index (χ4n) is 2.29. The molecule has 5 heteroatoms. The molecular formula is C18H17FN2OS. The normalized spacial score (nSPS) is 10.7. The van der Waals surface area contributed by atoms with E-state index < -0.39 is 0 Å². The first-order valence-corrected chi connectivity index (χ1v) is 8.15. The van der Waals surface area contributed by atoms with Gasteiger partial charge in [-0.05, 0) is 42.3 Å². The highest BCUT2D eigenvalue weighted by atomic mass is 32.1. The molecule has 0 aliphatic rings. The zero-order valence-corrected chi connectivity index (χ0v) is 13.6. The van der Waals surface area contributed by atoms with Crippen LogP contribution < -0.4 is 10.5 Å². The Hall–Kier alpha value is -2.40. The van der Waals surface area contributed by atoms with E-state index in [1.807, 2.05) is 36.6 Å². The van der Waals surface area contributed by atoms with E-state index >= 15 is 0 Å². The van der Waals surface area contributed by atoms with Gasteiger partial charge in [0.2, 0.25) is 0 Å². The zero-order valence-electron chi connectivity index (χ0n) is 12.8. The molecule has 1 heterocycles. The molecule has 2 aromatic carbocycles. The van der Waals surface area contributed by atoms with Gasteiger partial charge in [-0.25, -0.2) is 9.37 Å². The standard InChI is InChI=1S/C18H17FN2OS/c1-12-11-23-18(21-12)9-13-5-6-17(16(20)8-13)22-10-14-3-2-4-15(19)7-14/h2-8,11H,9-10,20H2,1H3. The van der Waals surface area contributed by atoms with Crippen LogP contribution in [-0.4, -0.2) is 4.98 Å². The summed E-state index contributed by atoms with van der Waals surface area (Å²) in [6.45, 7) is 2.27. The molecular weight excluding hydrogens is 311 g/mol. The van der Waals surface area contributed by atoms with Crippen molar-refractivity contribution < 1.29 is 9.13 Å². The maximum atomic E-state index is 13.1. The fraction of sp³-hybridized carbons (Fsp3) is 0.167. The van der Waals surface area contributed by atoms with Crippen molar-refractivity contribution in [2.75, 3.05) is 5.73 Å². The maximum Gasteiger partial charge on any atom is 0.142 e. The Balaban J connectivity index is 1.67. The van der Waals surface area contributed by atoms with Crippen LogP contribution in [-0.2, 0) is 13.0 Å². The number of anilines is 1. The molecule has 3 rings (SSSR count). The fourth-order valence-corrected chi connectivity index (χ4v) is 3.09. The van der Waals surface area contributed by atoms with Gasteiger partial charge in [-0.1, -0.05) is 18.2 Å². The maximum absolute atomic E-state index is 13.1. The van der Waals surface area contributed by atoms with Crippen LogP contribution in [0.2, 0.25) is 0 Å². The third-order valence-electron chi connectivity index (χ3n) is 3.38. The number of hydrogen-bond donors (Lipinski definition) is 1. The number of nitrogen functional groups attached to an aromatic ring is 1. The number of nitrogens with two attached hydrogens (primary N) is 1. The summed E-state index contributed by atoms with van der Waals surface area (Å²) in [5.41, 5.74) is 9.53. The first-order valence-electron chi connectivity index (χ1n) is 7.27. The van der Waals surface area contributed by atoms with Crippen molar-refractivity contribution in [3.8, 4) is 5.75 Å². The zero-order chi connectivity index (χ0) is 16.2. The molecule has 0 aliphatic carbocycles. The minimum atomic E-state index is -0.270. The van der Waals surface area contributed by atoms with Gasteiger partial charge in [-0.15, -0.1) is 11.3 Å². The lowest BCUT2D eigenvalue weighted by Gasteiger charge is -2.10. The summed E-state index contributed by atoms with van der Waals surface area (Å²) in [4.78, 5) is 4.45. The third kappa shape index (κ3) is 4.07. The number of hydrogen-bond acceptors (Lipinski definition) is 4. The van der Waals surface area contributed by atoms with Gasteiger partial charge in [0.25, 0.3) is 0 Å². The van der Waals surface area contributed by atoms with Gasteiger partial charge in [0, 0.05) is 17.5 Å². The third-order valence-corrected chi connectivity index (χ3v) is 4.35. The van der Waals surface area contributed by atoms with Crippen molar-refractivity contribution in [1.29, 1.82) is 0 Å². The Labute approximate surface area is 138 Å². The quantitative estimate of drug-likeness (QED) is 0.709. The predicted octanol–water partition coefficient (Wildman–Crippen LogP) is 4.34. The van der Waals surface area contributed by atoms with E-state index in [4.69, 9.17) is 10.5 Å². The van der Waals surface area contributed by atoms with E-state index in [-0.39, 0.29) is 12.4 Å². The number of aromatic nitrogens is 1. The first-order chi connectivity index (χ1) is 11.1. The molecule has 3 nitrogen and oxygen atoms in total. The van der Waals surface area contributed by atoms with Crippen LogP contribution in [0.1, 0.15) is 21.8 Å². The first kappa shape index (κ1) is 15.5. The summed E-state index contributed by atoms with van der Waals surface area (Å²) in [5, 5.41) is 3.10. The van der Waals surface area contributed by atoms with Crippen molar-refractivity contribution in [3.63, 3.8) is 0 Å². The molecule has 0 radical (unpaired) electrons. The smallest absolute Gasteiger partial charge is 0.142 e. The van der Waals surface area contributed by atoms with E-state index in [9.17, 15) is 4.39 Å². The van der Waals surface area contributed by atoms with Gasteiger partial charge < -0.3 is 10.5 Å². The highest BCUT2D eigenvalue weighted by Gasteiger charge is 2.06. The largest absolute Gasteiger partial charge is 0.487 e. The Morgan fingerprint density at radius 1 is 1.17 bits per heavy atom. The average Bonchev–Trinajstić information content (AvgIpc) is 2.92. The van der Waals surface area contributed by atoms with Crippen LogP contribution in [0.25, 0.3) is 0 Å². The summed E-state index contributed by atoms with van der Waals surface area (Å²) in [6.07, 6.45) is 0.757. The molecule has 0 saturated heterocycles. The van der Waals surface area contributed by atoms with Gasteiger partial charge >= 0.3 is 0 Å². The highest BCUT2D eigenvalue weighted by molar-refractivity contribution is 7.09. The Bertz CT molecular complexity index is 816. The van der Waals surface area contributed by atoms with E-state index in [0.29, 0.717) is 11.4 Å². The number of aryl methyl sites for hydroxylation is 1. The minimum Gasteiger partial charge on any atom is -0.487 e. The lowest BCUT2D eigenvalue weighted by Crippen LogP contribution is -2.00. The van der Waals surface area contributed by atoms with Crippen molar-refractivity contribution in [1.82, 2.24) is 4.98 Å². The summed E-state index contributed by atoms with van der Waals surface area (Å²) >= 11 is 1.64. The van der Waals surface area contributed by atoms with E-state index in [2.05, 4.69) is 4.98 Å². The second-order valence-corrected chi connectivity index (χ2v) is 6.29. The van der Waals surface area contributed by atoms with E-state index in [0.717, 1.165) is 28.2 Å². The van der Waals surface area contributed by atoms with Crippen LogP contribution in [0.15, 0.2) is 47.8 Å². The molecule has 0 unspecified atom stereocenters. The lowest BCUT2D eigenvalue weighted by molar-refractivity contribution is 0.307. The minimum absolute atomic E-state index is 0.270. The summed E-state index contributed by atoms with van der Waals surface area (Å²) < 4.78 is 18.8. The van der Waals surface area contributed by atoms with Crippen molar-refractivity contribution in [2.45, 2.75) is 20.0 Å². The summed E-state index contributed by atoms with van der Waals surface area (Å²) in [6, 6.07) is 12.1. The molecule has 0 aliphatic heterocycles. The lowest BCUT2D eigenvalue weighted by atomic mass is 10.1. The van der Waals surface area contributed by atoms with Crippen molar-refractivity contribution >= 4 is 17.0 Å². The number of nitrogens with zero attached hydrogens (tertiary/aromatic N) is 1. The molecule has 1 aromatic heterocycles. The molecule has 0 bridgehead atoms. The van der Waals surface area contributed by atoms with Crippen molar-refractivity contribution in [2.24, 2.45) is 0 Å². The molecule has 0 atom stereocenters. The monoisotopic (exact) mass is 328 g/mol. The number of ether oxygens (including phenoxy) is 1. The summed E-state index contributed by atoms with van der Waals surface area (Å²) in [7, 11) is 0. The van der Waals surface area contributed by atoms with Crippen LogP contribution in [0, 0.1) is 12.7 Å². The molecule has 118 valence electrons. The van der Waals surface area contributed by atoms with Gasteiger partial charge in [-0.3, -0.25) is 0 Å². The number of thiazole rings is 1. The van der Waals surface area contributed by atoms with Crippen molar-refractivity contribution in [3.05, 3.63) is 75.5 Å². The van der Waals surface area contributed by atoms with Crippen LogP contribution in [0.3, 0.4) is 0 Å². The second kappa shape index (κ2) is 6.79. The van der Waals surface area contributed by atoms with Gasteiger partial charge in [0.15, 0.2) is 0 Å². The molecule has 23 heavy (non-hydrogen) atoms. The van der Waals surface area contributed by atoms with Crippen LogP contribution >= 0.6 is 11.3 Å². The van der Waals surface area contributed by atoms with E-state index in [1.165, 1.54) is 12.1 Å². The Kier molecular flexibility index (Phi) is 4.57. The molecule has 0 saturated carbocycles. The predicted molar refractivity (Wildman–Crippen MR) is 91.2 cm³/mol. The topological polar surface area (TPSA) is 48.1 Å². The number of halogens is 1. The number of rotatable bonds is 5. The molecule has 0 spiro atoms. The molecule has 2 N–H and O–H groups in total. The SMILES string of the molecule is Cc1csc(Cc2ccc(OCc3cccc(F)c3)c(N)c2)n1. The number of benzene rings is 2. The second-order valence-electron chi connectivity index (χ2n) is 5.35.